The van der Waals surface area contributed by atoms with Crippen LogP contribution >= 0.6 is 0 Å². The lowest BCUT2D eigenvalue weighted by atomic mass is 9.86. The van der Waals surface area contributed by atoms with Crippen molar-refractivity contribution < 1.29 is 5.11 Å². The lowest BCUT2D eigenvalue weighted by Crippen LogP contribution is -2.22. The van der Waals surface area contributed by atoms with Crippen LogP contribution in [0, 0.1) is 13.8 Å². The van der Waals surface area contributed by atoms with Crippen LogP contribution in [0.3, 0.4) is 0 Å². The Morgan fingerprint density at radius 2 is 1.55 bits per heavy atom. The first-order valence-electron chi connectivity index (χ1n) is 8.27. The molecule has 0 heterocycles. The number of benzene rings is 1. The van der Waals surface area contributed by atoms with Crippen LogP contribution in [0.5, 0.6) is 0 Å². The lowest BCUT2D eigenvalue weighted by Gasteiger charge is -2.26. The average molecular weight is 276 g/mol. The molecular formula is C19H32O. The van der Waals surface area contributed by atoms with E-state index in [1.807, 2.05) is 6.92 Å². The van der Waals surface area contributed by atoms with Crippen LogP contribution in [0.25, 0.3) is 0 Å². The molecule has 1 heteroatoms. The first-order chi connectivity index (χ1) is 9.47. The second-order valence-electron chi connectivity index (χ2n) is 6.46. The third-order valence-electron chi connectivity index (χ3n) is 4.24. The molecule has 0 aliphatic rings. The Morgan fingerprint density at radius 3 is 2.20 bits per heavy atom. The van der Waals surface area contributed by atoms with Gasteiger partial charge in [-0.3, -0.25) is 0 Å². The molecule has 0 aliphatic carbocycles. The van der Waals surface area contributed by atoms with Crippen LogP contribution in [0.1, 0.15) is 81.9 Å². The van der Waals surface area contributed by atoms with E-state index < -0.39 is 5.60 Å². The van der Waals surface area contributed by atoms with E-state index >= 15 is 0 Å². The summed E-state index contributed by atoms with van der Waals surface area (Å²) in [6.07, 6.45) is 9.91. The van der Waals surface area contributed by atoms with Gasteiger partial charge in [0.2, 0.25) is 0 Å². The van der Waals surface area contributed by atoms with Gasteiger partial charge in [0.15, 0.2) is 0 Å². The van der Waals surface area contributed by atoms with Gasteiger partial charge >= 0.3 is 0 Å². The lowest BCUT2D eigenvalue weighted by molar-refractivity contribution is 0.0441. The van der Waals surface area contributed by atoms with E-state index in [9.17, 15) is 5.11 Å². The van der Waals surface area contributed by atoms with Crippen LogP contribution in [0.15, 0.2) is 18.2 Å². The summed E-state index contributed by atoms with van der Waals surface area (Å²) in [5.74, 6) is 0. The maximum atomic E-state index is 10.7. The summed E-state index contributed by atoms with van der Waals surface area (Å²) in [7, 11) is 0. The molecule has 0 radical (unpaired) electrons. The van der Waals surface area contributed by atoms with Gasteiger partial charge in [-0.2, -0.15) is 0 Å². The smallest absolute Gasteiger partial charge is 0.0871 e. The van der Waals surface area contributed by atoms with Gasteiger partial charge in [-0.25, -0.2) is 0 Å². The van der Waals surface area contributed by atoms with Crippen molar-refractivity contribution in [1.29, 1.82) is 0 Å². The zero-order valence-electron chi connectivity index (χ0n) is 13.8. The summed E-state index contributed by atoms with van der Waals surface area (Å²) < 4.78 is 0. The zero-order chi connectivity index (χ0) is 15.0. The summed E-state index contributed by atoms with van der Waals surface area (Å²) in [4.78, 5) is 0. The van der Waals surface area contributed by atoms with Crippen molar-refractivity contribution in [2.45, 2.75) is 84.7 Å². The number of unbranched alkanes of at least 4 members (excludes halogenated alkanes) is 6. The van der Waals surface area contributed by atoms with E-state index in [1.165, 1.54) is 49.7 Å². The zero-order valence-corrected chi connectivity index (χ0v) is 13.8. The Balaban J connectivity index is 2.39. The molecule has 0 bridgehead atoms. The third-order valence-corrected chi connectivity index (χ3v) is 4.24. The van der Waals surface area contributed by atoms with Crippen LogP contribution in [-0.2, 0) is 5.60 Å². The van der Waals surface area contributed by atoms with Gasteiger partial charge in [-0.15, -0.1) is 0 Å². The molecule has 1 rings (SSSR count). The Bertz CT molecular complexity index is 393. The predicted octanol–water partition coefficient (Wildman–Crippen LogP) is 5.65. The first kappa shape index (κ1) is 17.2. The maximum absolute atomic E-state index is 10.7. The van der Waals surface area contributed by atoms with E-state index in [2.05, 4.69) is 39.0 Å². The Hall–Kier alpha value is -0.820. The molecule has 0 fully saturated rings. The molecule has 0 aromatic heterocycles. The normalized spacial score (nSPS) is 14.2. The third kappa shape index (κ3) is 5.66. The highest BCUT2D eigenvalue weighted by atomic mass is 16.3. The SMILES string of the molecule is CCCCCCCCCC(C)(O)c1cc(C)ccc1C. The number of rotatable bonds is 9. The summed E-state index contributed by atoms with van der Waals surface area (Å²) in [5, 5.41) is 10.7. The van der Waals surface area contributed by atoms with Crippen LogP contribution in [-0.4, -0.2) is 5.11 Å². The fraction of sp³-hybridized carbons (Fsp3) is 0.684. The predicted molar refractivity (Wildman–Crippen MR) is 88.1 cm³/mol. The molecule has 1 N–H and O–H groups in total. The molecule has 0 aliphatic heterocycles. The van der Waals surface area contributed by atoms with E-state index in [0.29, 0.717) is 0 Å². The number of hydrogen-bond acceptors (Lipinski definition) is 1. The largest absolute Gasteiger partial charge is 0.385 e. The molecular weight excluding hydrogens is 244 g/mol. The van der Waals surface area contributed by atoms with Crippen molar-refractivity contribution in [3.8, 4) is 0 Å². The quantitative estimate of drug-likeness (QED) is 0.578. The van der Waals surface area contributed by atoms with E-state index in [-0.39, 0.29) is 0 Å². The van der Waals surface area contributed by atoms with Crippen molar-refractivity contribution >= 4 is 0 Å². The standard InChI is InChI=1S/C19H32O/c1-5-6-7-8-9-10-11-14-19(4,20)18-15-16(2)12-13-17(18)3/h12-13,15,20H,5-11,14H2,1-4H3. The van der Waals surface area contributed by atoms with Gasteiger partial charge in [0.25, 0.3) is 0 Å². The fourth-order valence-electron chi connectivity index (χ4n) is 2.88. The molecule has 20 heavy (non-hydrogen) atoms. The Labute approximate surface area is 125 Å². The van der Waals surface area contributed by atoms with Gasteiger partial charge in [0.05, 0.1) is 5.60 Å². The van der Waals surface area contributed by atoms with E-state index in [4.69, 9.17) is 0 Å². The van der Waals surface area contributed by atoms with Gasteiger partial charge in [-0.05, 0) is 38.3 Å². The summed E-state index contributed by atoms with van der Waals surface area (Å²) in [5.41, 5.74) is 2.84. The molecule has 1 unspecified atom stereocenters. The highest BCUT2D eigenvalue weighted by molar-refractivity contribution is 5.34. The minimum Gasteiger partial charge on any atom is -0.385 e. The number of hydrogen-bond donors (Lipinski definition) is 1. The Morgan fingerprint density at radius 1 is 0.950 bits per heavy atom. The molecule has 1 aromatic carbocycles. The highest BCUT2D eigenvalue weighted by Crippen LogP contribution is 2.30. The molecule has 1 atom stereocenters. The molecule has 1 nitrogen and oxygen atoms in total. The van der Waals surface area contributed by atoms with Gasteiger partial charge in [0.1, 0.15) is 0 Å². The molecule has 0 amide bonds. The van der Waals surface area contributed by atoms with Gasteiger partial charge < -0.3 is 5.11 Å². The van der Waals surface area contributed by atoms with Crippen molar-refractivity contribution in [2.24, 2.45) is 0 Å². The van der Waals surface area contributed by atoms with Crippen molar-refractivity contribution in [1.82, 2.24) is 0 Å². The molecule has 0 saturated carbocycles. The summed E-state index contributed by atoms with van der Waals surface area (Å²) in [6.45, 7) is 8.40. The molecule has 114 valence electrons. The molecule has 0 saturated heterocycles. The van der Waals surface area contributed by atoms with E-state index in [0.717, 1.165) is 18.4 Å². The second kappa shape index (κ2) is 8.46. The number of aliphatic hydroxyl groups is 1. The second-order valence-corrected chi connectivity index (χ2v) is 6.46. The van der Waals surface area contributed by atoms with Crippen LogP contribution < -0.4 is 0 Å². The average Bonchev–Trinajstić information content (AvgIpc) is 2.40. The van der Waals surface area contributed by atoms with Crippen molar-refractivity contribution in [3.63, 3.8) is 0 Å². The summed E-state index contributed by atoms with van der Waals surface area (Å²) >= 11 is 0. The first-order valence-corrected chi connectivity index (χ1v) is 8.27. The molecule has 0 spiro atoms. The maximum Gasteiger partial charge on any atom is 0.0871 e. The Kier molecular flexibility index (Phi) is 7.29. The van der Waals surface area contributed by atoms with Crippen molar-refractivity contribution in [3.05, 3.63) is 34.9 Å². The minimum absolute atomic E-state index is 0.681. The van der Waals surface area contributed by atoms with Gasteiger partial charge in [-0.1, -0.05) is 75.6 Å². The van der Waals surface area contributed by atoms with Crippen LogP contribution in [0.2, 0.25) is 0 Å². The topological polar surface area (TPSA) is 20.2 Å². The summed E-state index contributed by atoms with van der Waals surface area (Å²) in [6, 6.07) is 6.36. The van der Waals surface area contributed by atoms with Crippen LogP contribution in [0.4, 0.5) is 0 Å². The minimum atomic E-state index is -0.681. The van der Waals surface area contributed by atoms with Crippen molar-refractivity contribution in [2.75, 3.05) is 0 Å². The highest BCUT2D eigenvalue weighted by Gasteiger charge is 2.24. The monoisotopic (exact) mass is 276 g/mol. The van der Waals surface area contributed by atoms with Gasteiger partial charge in [0, 0.05) is 0 Å². The fourth-order valence-corrected chi connectivity index (χ4v) is 2.88. The van der Waals surface area contributed by atoms with E-state index in [1.54, 1.807) is 0 Å². The number of aryl methyl sites for hydroxylation is 2. The molecule has 1 aromatic rings.